The zero-order valence-electron chi connectivity index (χ0n) is 12.4. The van der Waals surface area contributed by atoms with Gasteiger partial charge < -0.3 is 19.5 Å². The van der Waals surface area contributed by atoms with Crippen LogP contribution in [0.3, 0.4) is 0 Å². The molecule has 0 aliphatic rings. The summed E-state index contributed by atoms with van der Waals surface area (Å²) >= 11 is 0. The van der Waals surface area contributed by atoms with Gasteiger partial charge in [0.1, 0.15) is 27.0 Å². The SMILES string of the molecule is COc1cc(C(O)CS(C)(=O)=O)cc(OC)c1N(C)C. The summed E-state index contributed by atoms with van der Waals surface area (Å²) in [6, 6.07) is 3.24. The number of hydrogen-bond acceptors (Lipinski definition) is 6. The third kappa shape index (κ3) is 4.01. The lowest BCUT2D eigenvalue weighted by atomic mass is 10.1. The maximum Gasteiger partial charge on any atom is 0.150 e. The summed E-state index contributed by atoms with van der Waals surface area (Å²) in [5, 5.41) is 10.0. The molecule has 1 rings (SSSR count). The van der Waals surface area contributed by atoms with Crippen LogP contribution in [0.2, 0.25) is 0 Å². The van der Waals surface area contributed by atoms with Crippen molar-refractivity contribution >= 4 is 15.5 Å². The molecule has 0 aliphatic carbocycles. The molecule has 0 radical (unpaired) electrons. The molecule has 1 N–H and O–H groups in total. The molecule has 0 fully saturated rings. The average Bonchev–Trinajstić information content (AvgIpc) is 2.34. The van der Waals surface area contributed by atoms with Crippen molar-refractivity contribution in [3.63, 3.8) is 0 Å². The summed E-state index contributed by atoms with van der Waals surface area (Å²) in [7, 11) is 3.42. The van der Waals surface area contributed by atoms with Crippen molar-refractivity contribution in [2.24, 2.45) is 0 Å². The Morgan fingerprint density at radius 3 is 1.95 bits per heavy atom. The molecule has 1 atom stereocenters. The second-order valence-electron chi connectivity index (χ2n) is 4.78. The van der Waals surface area contributed by atoms with Gasteiger partial charge in [-0.2, -0.15) is 0 Å². The number of sulfone groups is 1. The summed E-state index contributed by atoms with van der Waals surface area (Å²) in [5.74, 6) is 0.675. The van der Waals surface area contributed by atoms with Crippen LogP contribution >= 0.6 is 0 Å². The maximum absolute atomic E-state index is 11.3. The smallest absolute Gasteiger partial charge is 0.150 e. The minimum Gasteiger partial charge on any atom is -0.494 e. The first-order chi connectivity index (χ1) is 9.19. The first kappa shape index (κ1) is 16.6. The highest BCUT2D eigenvalue weighted by Crippen LogP contribution is 2.39. The Morgan fingerprint density at radius 1 is 1.20 bits per heavy atom. The lowest BCUT2D eigenvalue weighted by Crippen LogP contribution is -2.15. The molecule has 7 heteroatoms. The van der Waals surface area contributed by atoms with E-state index in [0.29, 0.717) is 17.1 Å². The van der Waals surface area contributed by atoms with Gasteiger partial charge in [-0.15, -0.1) is 0 Å². The predicted octanol–water partition coefficient (Wildman–Crippen LogP) is 0.848. The molecule has 0 aromatic heterocycles. The van der Waals surface area contributed by atoms with Crippen molar-refractivity contribution in [1.82, 2.24) is 0 Å². The van der Waals surface area contributed by atoms with Gasteiger partial charge in [0.2, 0.25) is 0 Å². The maximum atomic E-state index is 11.3. The standard InChI is InChI=1S/C13H21NO5S/c1-14(2)13-11(18-3)6-9(7-12(13)19-4)10(15)8-20(5,16)17/h6-7,10,15H,8H2,1-5H3. The molecule has 0 amide bonds. The van der Waals surface area contributed by atoms with Gasteiger partial charge in [0.25, 0.3) is 0 Å². The lowest BCUT2D eigenvalue weighted by molar-refractivity contribution is 0.201. The molecule has 20 heavy (non-hydrogen) atoms. The zero-order valence-corrected chi connectivity index (χ0v) is 13.2. The predicted molar refractivity (Wildman–Crippen MR) is 78.5 cm³/mol. The van der Waals surface area contributed by atoms with Crippen LogP contribution in [0.1, 0.15) is 11.7 Å². The van der Waals surface area contributed by atoms with Gasteiger partial charge in [-0.1, -0.05) is 0 Å². The number of aliphatic hydroxyl groups excluding tert-OH is 1. The van der Waals surface area contributed by atoms with Crippen LogP contribution in [0.5, 0.6) is 11.5 Å². The van der Waals surface area contributed by atoms with Crippen LogP contribution in [0, 0.1) is 0 Å². The highest BCUT2D eigenvalue weighted by Gasteiger charge is 2.20. The van der Waals surface area contributed by atoms with Crippen molar-refractivity contribution in [3.8, 4) is 11.5 Å². The Balaban J connectivity index is 3.30. The van der Waals surface area contributed by atoms with E-state index in [4.69, 9.17) is 9.47 Å². The van der Waals surface area contributed by atoms with E-state index >= 15 is 0 Å². The van der Waals surface area contributed by atoms with E-state index in [0.717, 1.165) is 11.9 Å². The molecule has 0 spiro atoms. The number of hydrogen-bond donors (Lipinski definition) is 1. The highest BCUT2D eigenvalue weighted by molar-refractivity contribution is 7.90. The molecule has 1 unspecified atom stereocenters. The van der Waals surface area contributed by atoms with E-state index in [1.807, 2.05) is 19.0 Å². The molecule has 0 saturated carbocycles. The zero-order chi connectivity index (χ0) is 15.5. The van der Waals surface area contributed by atoms with Gasteiger partial charge in [0, 0.05) is 20.4 Å². The van der Waals surface area contributed by atoms with Crippen LogP contribution in [-0.2, 0) is 9.84 Å². The molecule has 114 valence electrons. The van der Waals surface area contributed by atoms with E-state index < -0.39 is 15.9 Å². The Bertz CT molecular complexity index is 543. The fourth-order valence-electron chi connectivity index (χ4n) is 1.93. The van der Waals surface area contributed by atoms with Crippen LogP contribution in [0.15, 0.2) is 12.1 Å². The third-order valence-corrected chi connectivity index (χ3v) is 3.72. The molecule has 1 aromatic carbocycles. The quantitative estimate of drug-likeness (QED) is 0.839. The Kier molecular flexibility index (Phi) is 5.24. The van der Waals surface area contributed by atoms with Gasteiger partial charge >= 0.3 is 0 Å². The van der Waals surface area contributed by atoms with Gasteiger partial charge in [-0.25, -0.2) is 8.42 Å². The van der Waals surface area contributed by atoms with E-state index in [-0.39, 0.29) is 5.75 Å². The number of ether oxygens (including phenoxy) is 2. The first-order valence-corrected chi connectivity index (χ1v) is 8.04. The number of anilines is 1. The summed E-state index contributed by atoms with van der Waals surface area (Å²) in [6.45, 7) is 0. The minimum atomic E-state index is -3.28. The van der Waals surface area contributed by atoms with Gasteiger partial charge in [0.15, 0.2) is 0 Å². The van der Waals surface area contributed by atoms with Crippen LogP contribution in [-0.4, -0.2) is 53.8 Å². The summed E-state index contributed by atoms with van der Waals surface area (Å²) in [6.07, 6.45) is -0.0391. The number of rotatable bonds is 6. The van der Waals surface area contributed by atoms with Gasteiger partial charge in [-0.3, -0.25) is 0 Å². The second-order valence-corrected chi connectivity index (χ2v) is 6.96. The molecule has 6 nitrogen and oxygen atoms in total. The monoisotopic (exact) mass is 303 g/mol. The molecule has 1 aromatic rings. The lowest BCUT2D eigenvalue weighted by Gasteiger charge is -2.22. The fraction of sp³-hybridized carbons (Fsp3) is 0.538. The summed E-state index contributed by atoms with van der Waals surface area (Å²) < 4.78 is 33.1. The molecule has 0 bridgehead atoms. The van der Waals surface area contributed by atoms with Gasteiger partial charge in [0.05, 0.1) is 26.1 Å². The van der Waals surface area contributed by atoms with E-state index in [1.165, 1.54) is 14.2 Å². The van der Waals surface area contributed by atoms with Crippen molar-refractivity contribution in [3.05, 3.63) is 17.7 Å². The topological polar surface area (TPSA) is 76.1 Å². The third-order valence-electron chi connectivity index (χ3n) is 2.79. The summed E-state index contributed by atoms with van der Waals surface area (Å²) in [5.41, 5.74) is 1.17. The van der Waals surface area contributed by atoms with Crippen molar-refractivity contribution < 1.29 is 23.0 Å². The normalized spacial score (nSPS) is 12.9. The van der Waals surface area contributed by atoms with Gasteiger partial charge in [-0.05, 0) is 17.7 Å². The van der Waals surface area contributed by atoms with Crippen molar-refractivity contribution in [1.29, 1.82) is 0 Å². The van der Waals surface area contributed by atoms with E-state index in [2.05, 4.69) is 0 Å². The molecule has 0 heterocycles. The first-order valence-electron chi connectivity index (χ1n) is 5.98. The Labute approximate surface area is 119 Å². The Hall–Kier alpha value is -1.47. The van der Waals surface area contributed by atoms with Crippen molar-refractivity contribution in [2.45, 2.75) is 6.10 Å². The number of methoxy groups -OCH3 is 2. The number of benzene rings is 1. The number of aliphatic hydroxyl groups is 1. The van der Waals surface area contributed by atoms with E-state index in [1.54, 1.807) is 12.1 Å². The average molecular weight is 303 g/mol. The number of nitrogens with zero attached hydrogens (tertiary/aromatic N) is 1. The fourth-order valence-corrected chi connectivity index (χ4v) is 2.70. The Morgan fingerprint density at radius 2 is 1.65 bits per heavy atom. The largest absolute Gasteiger partial charge is 0.494 e. The molecule has 0 aliphatic heterocycles. The minimum absolute atomic E-state index is 0.347. The molecule has 0 saturated heterocycles. The second kappa shape index (κ2) is 6.32. The summed E-state index contributed by atoms with van der Waals surface area (Å²) in [4.78, 5) is 1.82. The molecular weight excluding hydrogens is 282 g/mol. The van der Waals surface area contributed by atoms with Crippen LogP contribution < -0.4 is 14.4 Å². The highest BCUT2D eigenvalue weighted by atomic mass is 32.2. The molecular formula is C13H21NO5S. The van der Waals surface area contributed by atoms with Crippen molar-refractivity contribution in [2.75, 3.05) is 45.2 Å². The van der Waals surface area contributed by atoms with E-state index in [9.17, 15) is 13.5 Å². The van der Waals surface area contributed by atoms with Crippen LogP contribution in [0.4, 0.5) is 5.69 Å². The van der Waals surface area contributed by atoms with Crippen LogP contribution in [0.25, 0.3) is 0 Å².